The highest BCUT2D eigenvalue weighted by Gasteiger charge is 2.22. The van der Waals surface area contributed by atoms with Crippen LogP contribution in [0.4, 0.5) is 4.39 Å². The molecule has 2 heterocycles. The van der Waals surface area contributed by atoms with Crippen molar-refractivity contribution in [1.29, 1.82) is 0 Å². The van der Waals surface area contributed by atoms with E-state index in [0.717, 1.165) is 38.6 Å². The maximum Gasteiger partial charge on any atom is 0.216 e. The van der Waals surface area contributed by atoms with Crippen molar-refractivity contribution in [3.8, 4) is 11.3 Å². The molecule has 0 saturated carbocycles. The Morgan fingerprint density at radius 1 is 0.889 bits per heavy atom. The fraction of sp³-hybridized carbons (Fsp3) is 0.125. The average Bonchev–Trinajstić information content (AvgIpc) is 3.02. The SMILES string of the molecule is Cc1cc[n+](C)c(-c2c(C)ccc3c2oc2cc(F)c4ccccc4c23)c1. The molecule has 27 heavy (non-hydrogen) atoms. The second-order valence-electron chi connectivity index (χ2n) is 7.21. The Balaban J connectivity index is 1.99. The van der Waals surface area contributed by atoms with Crippen LogP contribution in [0, 0.1) is 19.7 Å². The normalized spacial score (nSPS) is 11.7. The summed E-state index contributed by atoms with van der Waals surface area (Å²) in [5.41, 5.74) is 5.85. The molecule has 0 unspecified atom stereocenters. The van der Waals surface area contributed by atoms with Crippen LogP contribution in [0.3, 0.4) is 0 Å². The van der Waals surface area contributed by atoms with Gasteiger partial charge < -0.3 is 4.42 Å². The van der Waals surface area contributed by atoms with Crippen molar-refractivity contribution in [2.24, 2.45) is 7.05 Å². The first-order chi connectivity index (χ1) is 13.0. The van der Waals surface area contributed by atoms with Crippen LogP contribution in [-0.4, -0.2) is 0 Å². The number of benzene rings is 3. The molecule has 5 rings (SSSR count). The lowest BCUT2D eigenvalue weighted by Gasteiger charge is -2.06. The number of hydrogen-bond acceptors (Lipinski definition) is 1. The zero-order valence-corrected chi connectivity index (χ0v) is 15.5. The summed E-state index contributed by atoms with van der Waals surface area (Å²) in [5.74, 6) is -0.253. The van der Waals surface area contributed by atoms with Crippen molar-refractivity contribution < 1.29 is 13.4 Å². The first kappa shape index (κ1) is 16.0. The monoisotopic (exact) mass is 356 g/mol. The van der Waals surface area contributed by atoms with Crippen molar-refractivity contribution in [2.45, 2.75) is 13.8 Å². The van der Waals surface area contributed by atoms with Gasteiger partial charge in [0.2, 0.25) is 5.69 Å². The Morgan fingerprint density at radius 3 is 2.48 bits per heavy atom. The van der Waals surface area contributed by atoms with Crippen molar-refractivity contribution >= 4 is 32.7 Å². The molecule has 3 aromatic carbocycles. The van der Waals surface area contributed by atoms with E-state index in [0.29, 0.717) is 11.0 Å². The third kappa shape index (κ3) is 2.28. The molecule has 0 amide bonds. The summed E-state index contributed by atoms with van der Waals surface area (Å²) in [5, 5.41) is 3.49. The molecule has 0 atom stereocenters. The van der Waals surface area contributed by atoms with E-state index in [1.165, 1.54) is 11.6 Å². The van der Waals surface area contributed by atoms with Gasteiger partial charge in [-0.15, -0.1) is 0 Å². The van der Waals surface area contributed by atoms with Crippen LogP contribution in [0.1, 0.15) is 11.1 Å². The number of furan rings is 1. The van der Waals surface area contributed by atoms with Crippen molar-refractivity contribution in [3.05, 3.63) is 77.7 Å². The van der Waals surface area contributed by atoms with Gasteiger partial charge in [0.05, 0.1) is 5.56 Å². The Morgan fingerprint density at radius 2 is 1.67 bits per heavy atom. The van der Waals surface area contributed by atoms with Gasteiger partial charge in [-0.25, -0.2) is 8.96 Å². The Hall–Kier alpha value is -3.20. The fourth-order valence-corrected chi connectivity index (χ4v) is 4.00. The molecular weight excluding hydrogens is 337 g/mol. The van der Waals surface area contributed by atoms with Gasteiger partial charge in [-0.05, 0) is 30.4 Å². The highest BCUT2D eigenvalue weighted by Crippen LogP contribution is 2.40. The molecule has 3 heteroatoms. The van der Waals surface area contributed by atoms with Gasteiger partial charge in [-0.3, -0.25) is 0 Å². The van der Waals surface area contributed by atoms with E-state index in [1.807, 2.05) is 31.3 Å². The van der Waals surface area contributed by atoms with E-state index in [4.69, 9.17) is 4.42 Å². The number of hydrogen-bond donors (Lipinski definition) is 0. The molecule has 0 aliphatic heterocycles. The van der Waals surface area contributed by atoms with E-state index in [1.54, 1.807) is 0 Å². The van der Waals surface area contributed by atoms with Gasteiger partial charge in [-0.2, -0.15) is 0 Å². The molecular formula is C24H19FNO+. The molecule has 0 aliphatic rings. The maximum atomic E-state index is 14.6. The summed E-state index contributed by atoms with van der Waals surface area (Å²) < 4.78 is 22.9. The van der Waals surface area contributed by atoms with Crippen LogP contribution in [0.5, 0.6) is 0 Å². The fourth-order valence-electron chi connectivity index (χ4n) is 4.00. The number of halogens is 1. The predicted octanol–water partition coefficient (Wildman–Crippen LogP) is 5.99. The van der Waals surface area contributed by atoms with Crippen LogP contribution < -0.4 is 4.57 Å². The van der Waals surface area contributed by atoms with E-state index >= 15 is 0 Å². The molecule has 0 radical (unpaired) electrons. The van der Waals surface area contributed by atoms with Crippen molar-refractivity contribution in [3.63, 3.8) is 0 Å². The molecule has 0 aliphatic carbocycles. The molecule has 2 nitrogen and oxygen atoms in total. The van der Waals surface area contributed by atoms with Crippen molar-refractivity contribution in [1.82, 2.24) is 0 Å². The summed E-state index contributed by atoms with van der Waals surface area (Å²) in [7, 11) is 2.03. The minimum absolute atomic E-state index is 0.253. The van der Waals surface area contributed by atoms with Crippen LogP contribution in [0.15, 0.2) is 65.2 Å². The van der Waals surface area contributed by atoms with Crippen molar-refractivity contribution in [2.75, 3.05) is 0 Å². The Bertz CT molecular complexity index is 1360. The average molecular weight is 356 g/mol. The number of aromatic nitrogens is 1. The molecule has 0 spiro atoms. The zero-order chi connectivity index (χ0) is 18.7. The second-order valence-corrected chi connectivity index (χ2v) is 7.21. The lowest BCUT2D eigenvalue weighted by Crippen LogP contribution is -2.30. The summed E-state index contributed by atoms with van der Waals surface area (Å²) in [6.07, 6.45) is 2.06. The molecule has 0 fully saturated rings. The molecule has 2 aromatic heterocycles. The van der Waals surface area contributed by atoms with Crippen LogP contribution in [-0.2, 0) is 7.05 Å². The van der Waals surface area contributed by atoms with Gasteiger partial charge in [0.15, 0.2) is 6.20 Å². The Labute approximate surface area is 156 Å². The highest BCUT2D eigenvalue weighted by molar-refractivity contribution is 6.20. The van der Waals surface area contributed by atoms with E-state index < -0.39 is 0 Å². The zero-order valence-electron chi connectivity index (χ0n) is 15.5. The van der Waals surface area contributed by atoms with Crippen LogP contribution in [0.25, 0.3) is 44.0 Å². The molecule has 0 N–H and O–H groups in total. The summed E-state index contributed by atoms with van der Waals surface area (Å²) in [4.78, 5) is 0. The van der Waals surface area contributed by atoms with E-state index in [9.17, 15) is 4.39 Å². The minimum Gasteiger partial charge on any atom is -0.455 e. The lowest BCUT2D eigenvalue weighted by molar-refractivity contribution is -0.660. The number of aryl methyl sites for hydroxylation is 3. The Kier molecular flexibility index (Phi) is 3.35. The number of rotatable bonds is 1. The third-order valence-corrected chi connectivity index (χ3v) is 5.37. The lowest BCUT2D eigenvalue weighted by atomic mass is 9.98. The first-order valence-electron chi connectivity index (χ1n) is 9.04. The number of fused-ring (bicyclic) bond motifs is 5. The van der Waals surface area contributed by atoms with Gasteiger partial charge in [0.1, 0.15) is 24.0 Å². The van der Waals surface area contributed by atoms with Gasteiger partial charge in [0.25, 0.3) is 0 Å². The summed E-state index contributed by atoms with van der Waals surface area (Å²) >= 11 is 0. The van der Waals surface area contributed by atoms with Crippen LogP contribution in [0.2, 0.25) is 0 Å². The molecule has 5 aromatic rings. The topological polar surface area (TPSA) is 17.0 Å². The van der Waals surface area contributed by atoms with Gasteiger partial charge in [0, 0.05) is 34.4 Å². The molecule has 0 bridgehead atoms. The molecule has 0 saturated heterocycles. The van der Waals surface area contributed by atoms with Gasteiger partial charge >= 0.3 is 0 Å². The third-order valence-electron chi connectivity index (χ3n) is 5.37. The summed E-state index contributed by atoms with van der Waals surface area (Å²) in [6, 6.07) is 17.5. The quantitative estimate of drug-likeness (QED) is 0.337. The summed E-state index contributed by atoms with van der Waals surface area (Å²) in [6.45, 7) is 4.17. The first-order valence-corrected chi connectivity index (χ1v) is 9.04. The largest absolute Gasteiger partial charge is 0.455 e. The number of nitrogens with zero attached hydrogens (tertiary/aromatic N) is 1. The van der Waals surface area contributed by atoms with E-state index in [2.05, 4.69) is 48.9 Å². The highest BCUT2D eigenvalue weighted by atomic mass is 19.1. The maximum absolute atomic E-state index is 14.6. The smallest absolute Gasteiger partial charge is 0.216 e. The van der Waals surface area contributed by atoms with E-state index in [-0.39, 0.29) is 5.82 Å². The minimum atomic E-state index is -0.253. The van der Waals surface area contributed by atoms with Crippen LogP contribution >= 0.6 is 0 Å². The second kappa shape index (κ2) is 5.65. The predicted molar refractivity (Wildman–Crippen MR) is 107 cm³/mol. The molecule has 132 valence electrons. The number of pyridine rings is 1. The standard InChI is InChI=1S/C24H19FNO/c1-14-10-11-26(3)20(12-14)22-15(2)8-9-18-23-17-7-5-4-6-16(17)19(25)13-21(23)27-24(18)22/h4-13H,1-3H3/q+1. The van der Waals surface area contributed by atoms with Gasteiger partial charge in [-0.1, -0.05) is 36.4 Å².